The summed E-state index contributed by atoms with van der Waals surface area (Å²) in [4.78, 5) is 24.0. The van der Waals surface area contributed by atoms with Crippen molar-refractivity contribution in [3.8, 4) is 11.4 Å². The van der Waals surface area contributed by atoms with Crippen LogP contribution < -0.4 is 15.4 Å². The van der Waals surface area contributed by atoms with Crippen molar-refractivity contribution in [2.45, 2.75) is 33.2 Å². The average molecular weight is 407 g/mol. The molecule has 8 nitrogen and oxygen atoms in total. The van der Waals surface area contributed by atoms with Gasteiger partial charge in [-0.2, -0.15) is 0 Å². The zero-order chi connectivity index (χ0) is 21.5. The summed E-state index contributed by atoms with van der Waals surface area (Å²) in [6.45, 7) is 3.88. The number of ether oxygens (including phenoxy) is 1. The van der Waals surface area contributed by atoms with Crippen molar-refractivity contribution in [3.63, 3.8) is 0 Å². The Bertz CT molecular complexity index is 1010. The molecule has 1 aromatic heterocycles. The number of hydrogen-bond donors (Lipinski definition) is 2. The molecule has 0 saturated heterocycles. The molecule has 0 fully saturated rings. The van der Waals surface area contributed by atoms with Gasteiger partial charge < -0.3 is 15.4 Å². The van der Waals surface area contributed by atoms with E-state index in [1.54, 1.807) is 23.9 Å². The molecule has 0 saturated carbocycles. The van der Waals surface area contributed by atoms with Gasteiger partial charge in [-0.15, -0.1) is 5.10 Å². The van der Waals surface area contributed by atoms with Crippen LogP contribution in [0.2, 0.25) is 0 Å². The Morgan fingerprint density at radius 1 is 1.07 bits per heavy atom. The summed E-state index contributed by atoms with van der Waals surface area (Å²) in [6.07, 6.45) is 1.50. The van der Waals surface area contributed by atoms with E-state index in [-0.39, 0.29) is 11.8 Å². The second kappa shape index (κ2) is 9.69. The fraction of sp³-hybridized carbons (Fsp3) is 0.273. The summed E-state index contributed by atoms with van der Waals surface area (Å²) in [5, 5.41) is 14.0. The van der Waals surface area contributed by atoms with E-state index < -0.39 is 0 Å². The van der Waals surface area contributed by atoms with Gasteiger partial charge in [0.05, 0.1) is 18.5 Å². The van der Waals surface area contributed by atoms with E-state index in [2.05, 4.69) is 20.9 Å². The molecule has 0 aliphatic carbocycles. The number of aromatic nitrogens is 3. The number of rotatable bonds is 8. The van der Waals surface area contributed by atoms with Gasteiger partial charge in [0.25, 0.3) is 5.91 Å². The van der Waals surface area contributed by atoms with E-state index in [0.29, 0.717) is 24.3 Å². The molecular weight excluding hydrogens is 382 g/mol. The Hall–Kier alpha value is -3.68. The van der Waals surface area contributed by atoms with Crippen molar-refractivity contribution in [3.05, 3.63) is 65.5 Å². The molecule has 0 bridgehead atoms. The van der Waals surface area contributed by atoms with Crippen molar-refractivity contribution < 1.29 is 14.3 Å². The van der Waals surface area contributed by atoms with Gasteiger partial charge in [-0.3, -0.25) is 9.59 Å². The molecule has 3 aromatic rings. The third kappa shape index (κ3) is 5.02. The van der Waals surface area contributed by atoms with E-state index in [4.69, 9.17) is 4.74 Å². The van der Waals surface area contributed by atoms with Gasteiger partial charge in [0, 0.05) is 19.2 Å². The fourth-order valence-electron chi connectivity index (χ4n) is 3.05. The van der Waals surface area contributed by atoms with Gasteiger partial charge in [-0.1, -0.05) is 30.7 Å². The first kappa shape index (κ1) is 21.0. The second-order valence-electron chi connectivity index (χ2n) is 6.81. The van der Waals surface area contributed by atoms with Crippen LogP contribution in [0.1, 0.15) is 42.0 Å². The zero-order valence-corrected chi connectivity index (χ0v) is 17.3. The number of nitrogens with zero attached hydrogens (tertiary/aromatic N) is 3. The number of hydrogen-bond acceptors (Lipinski definition) is 5. The maximum Gasteiger partial charge on any atom is 0.274 e. The molecule has 1 heterocycles. The normalized spacial score (nSPS) is 10.5. The number of nitrogens with one attached hydrogen (secondary N) is 2. The monoisotopic (exact) mass is 407 g/mol. The highest BCUT2D eigenvalue weighted by Gasteiger charge is 2.20. The van der Waals surface area contributed by atoms with Crippen LogP contribution in [-0.2, 0) is 17.8 Å². The minimum atomic E-state index is -0.268. The molecule has 0 atom stereocenters. The molecule has 0 aliphatic heterocycles. The largest absolute Gasteiger partial charge is 0.497 e. The summed E-state index contributed by atoms with van der Waals surface area (Å²) in [6, 6.07) is 14.8. The van der Waals surface area contributed by atoms with Crippen molar-refractivity contribution in [1.82, 2.24) is 20.3 Å². The number of methoxy groups -OCH3 is 1. The molecule has 0 unspecified atom stereocenters. The van der Waals surface area contributed by atoms with Crippen LogP contribution in [0.25, 0.3) is 5.69 Å². The molecule has 2 aromatic carbocycles. The number of amides is 2. The molecule has 3 rings (SSSR count). The quantitative estimate of drug-likeness (QED) is 0.598. The highest BCUT2D eigenvalue weighted by molar-refractivity contribution is 5.93. The smallest absolute Gasteiger partial charge is 0.274 e. The standard InChI is InChI=1S/C22H25N5O3/c1-4-5-20-21(22(29)23-14-16-6-12-19(30-3)13-7-16)25-26-27(20)18-10-8-17(9-11-18)24-15(2)28/h6-13H,4-5,14H2,1-3H3,(H,23,29)(H,24,28). The first-order chi connectivity index (χ1) is 14.5. The number of carbonyl (C=O) groups is 2. The van der Waals surface area contributed by atoms with Gasteiger partial charge in [0.1, 0.15) is 5.75 Å². The summed E-state index contributed by atoms with van der Waals surface area (Å²) >= 11 is 0. The zero-order valence-electron chi connectivity index (χ0n) is 17.3. The minimum absolute atomic E-state index is 0.133. The van der Waals surface area contributed by atoms with Crippen LogP contribution in [0.3, 0.4) is 0 Å². The maximum absolute atomic E-state index is 12.8. The Morgan fingerprint density at radius 3 is 2.37 bits per heavy atom. The summed E-state index contributed by atoms with van der Waals surface area (Å²) < 4.78 is 6.82. The highest BCUT2D eigenvalue weighted by Crippen LogP contribution is 2.18. The van der Waals surface area contributed by atoms with Crippen LogP contribution in [-0.4, -0.2) is 33.9 Å². The van der Waals surface area contributed by atoms with Gasteiger partial charge in [0.2, 0.25) is 5.91 Å². The van der Waals surface area contributed by atoms with Gasteiger partial charge in [-0.25, -0.2) is 4.68 Å². The van der Waals surface area contributed by atoms with Crippen LogP contribution in [0, 0.1) is 0 Å². The Labute approximate surface area is 175 Å². The lowest BCUT2D eigenvalue weighted by atomic mass is 10.1. The minimum Gasteiger partial charge on any atom is -0.497 e. The van der Waals surface area contributed by atoms with Gasteiger partial charge in [0.15, 0.2) is 5.69 Å². The van der Waals surface area contributed by atoms with Gasteiger partial charge >= 0.3 is 0 Å². The highest BCUT2D eigenvalue weighted by atomic mass is 16.5. The molecule has 0 aliphatic rings. The first-order valence-electron chi connectivity index (χ1n) is 9.75. The third-order valence-corrected chi connectivity index (χ3v) is 4.51. The Kier molecular flexibility index (Phi) is 6.79. The molecule has 0 radical (unpaired) electrons. The second-order valence-corrected chi connectivity index (χ2v) is 6.81. The molecule has 156 valence electrons. The number of benzene rings is 2. The summed E-state index contributed by atoms with van der Waals surface area (Å²) in [7, 11) is 1.61. The van der Waals surface area contributed by atoms with Crippen LogP contribution in [0.4, 0.5) is 5.69 Å². The van der Waals surface area contributed by atoms with Gasteiger partial charge in [-0.05, 0) is 48.4 Å². The van der Waals surface area contributed by atoms with E-state index >= 15 is 0 Å². The van der Waals surface area contributed by atoms with E-state index in [9.17, 15) is 9.59 Å². The molecule has 2 N–H and O–H groups in total. The lowest BCUT2D eigenvalue weighted by Crippen LogP contribution is -2.24. The van der Waals surface area contributed by atoms with Crippen molar-refractivity contribution in [2.24, 2.45) is 0 Å². The number of anilines is 1. The summed E-state index contributed by atoms with van der Waals surface area (Å²) in [5.74, 6) is 0.365. The van der Waals surface area contributed by atoms with Crippen LogP contribution in [0.15, 0.2) is 48.5 Å². The molecule has 30 heavy (non-hydrogen) atoms. The Morgan fingerprint density at radius 2 is 1.77 bits per heavy atom. The molecular formula is C22H25N5O3. The predicted octanol–water partition coefficient (Wildman–Crippen LogP) is 3.12. The summed E-state index contributed by atoms with van der Waals surface area (Å²) in [5.41, 5.74) is 3.49. The predicted molar refractivity (Wildman–Crippen MR) is 114 cm³/mol. The average Bonchev–Trinajstić information content (AvgIpc) is 3.16. The van der Waals surface area contributed by atoms with E-state index in [1.165, 1.54) is 6.92 Å². The number of carbonyl (C=O) groups excluding carboxylic acids is 2. The van der Waals surface area contributed by atoms with Crippen LogP contribution >= 0.6 is 0 Å². The molecule has 8 heteroatoms. The Balaban J connectivity index is 1.77. The van der Waals surface area contributed by atoms with Crippen molar-refractivity contribution in [1.29, 1.82) is 0 Å². The topological polar surface area (TPSA) is 98.1 Å². The third-order valence-electron chi connectivity index (χ3n) is 4.51. The molecule has 0 spiro atoms. The van der Waals surface area contributed by atoms with E-state index in [0.717, 1.165) is 29.1 Å². The first-order valence-corrected chi connectivity index (χ1v) is 9.75. The van der Waals surface area contributed by atoms with Crippen molar-refractivity contribution >= 4 is 17.5 Å². The SMILES string of the molecule is CCCc1c(C(=O)NCc2ccc(OC)cc2)nnn1-c1ccc(NC(C)=O)cc1. The maximum atomic E-state index is 12.8. The lowest BCUT2D eigenvalue weighted by Gasteiger charge is -2.09. The molecule has 2 amide bonds. The fourth-order valence-corrected chi connectivity index (χ4v) is 3.05. The lowest BCUT2D eigenvalue weighted by molar-refractivity contribution is -0.114. The van der Waals surface area contributed by atoms with E-state index in [1.807, 2.05) is 43.3 Å². The van der Waals surface area contributed by atoms with Crippen LogP contribution in [0.5, 0.6) is 5.75 Å². The van der Waals surface area contributed by atoms with Crippen molar-refractivity contribution in [2.75, 3.05) is 12.4 Å².